The number of ether oxygens (including phenoxy) is 1. The summed E-state index contributed by atoms with van der Waals surface area (Å²) in [6, 6.07) is 15.7. The quantitative estimate of drug-likeness (QED) is 0.442. The van der Waals surface area contributed by atoms with Gasteiger partial charge in [0.05, 0.1) is 5.39 Å². The molecule has 1 N–H and O–H groups in total. The summed E-state index contributed by atoms with van der Waals surface area (Å²) >= 11 is 0. The standard InChI is InChI=1S/C25H24N6O2/c1-15-9-8-12-31-22(15)28-21(18-10-6-5-7-11-18)24(31)27-19(32)14-33-25-20-16(2)13-17(3)26-23(20)30(4)29-25/h5-13H,14H2,1-4H3,(H,27,32). The topological polar surface area (TPSA) is 86.3 Å². The zero-order chi connectivity index (χ0) is 23.1. The van der Waals surface area contributed by atoms with Crippen LogP contribution >= 0.6 is 0 Å². The number of pyridine rings is 2. The van der Waals surface area contributed by atoms with Gasteiger partial charge in [0.15, 0.2) is 12.3 Å². The van der Waals surface area contributed by atoms with Crippen molar-refractivity contribution in [2.75, 3.05) is 11.9 Å². The van der Waals surface area contributed by atoms with Crippen LogP contribution in [0, 0.1) is 20.8 Å². The van der Waals surface area contributed by atoms with Crippen LogP contribution in [0.15, 0.2) is 54.7 Å². The number of carbonyl (C=O) groups is 1. The number of rotatable bonds is 5. The maximum Gasteiger partial charge on any atom is 0.263 e. The molecule has 0 atom stereocenters. The monoisotopic (exact) mass is 440 g/mol. The molecule has 0 saturated carbocycles. The first-order valence-corrected chi connectivity index (χ1v) is 10.7. The summed E-state index contributed by atoms with van der Waals surface area (Å²) in [5, 5.41) is 8.23. The highest BCUT2D eigenvalue weighted by atomic mass is 16.5. The van der Waals surface area contributed by atoms with E-state index in [-0.39, 0.29) is 12.5 Å². The first kappa shape index (κ1) is 20.7. The van der Waals surface area contributed by atoms with Crippen LogP contribution in [0.3, 0.4) is 0 Å². The SMILES string of the molecule is Cc1cc(C)c2c(OCC(=O)Nc3c(-c4ccccc4)nc4c(C)cccn34)nn(C)c2n1. The van der Waals surface area contributed by atoms with E-state index in [9.17, 15) is 4.79 Å². The van der Waals surface area contributed by atoms with Gasteiger partial charge in [0.2, 0.25) is 5.88 Å². The highest BCUT2D eigenvalue weighted by molar-refractivity contribution is 5.96. The molecule has 0 bridgehead atoms. The fourth-order valence-electron chi connectivity index (χ4n) is 4.07. The zero-order valence-electron chi connectivity index (χ0n) is 19.0. The van der Waals surface area contributed by atoms with Crippen LogP contribution in [-0.4, -0.2) is 36.7 Å². The van der Waals surface area contributed by atoms with E-state index in [0.29, 0.717) is 17.4 Å². The fourth-order valence-corrected chi connectivity index (χ4v) is 4.07. The Morgan fingerprint density at radius 1 is 1.00 bits per heavy atom. The number of aromatic nitrogens is 5. The maximum absolute atomic E-state index is 13.0. The van der Waals surface area contributed by atoms with E-state index < -0.39 is 0 Å². The first-order valence-electron chi connectivity index (χ1n) is 10.7. The molecule has 33 heavy (non-hydrogen) atoms. The van der Waals surface area contributed by atoms with Gasteiger partial charge < -0.3 is 10.1 Å². The highest BCUT2D eigenvalue weighted by Crippen LogP contribution is 2.30. The van der Waals surface area contributed by atoms with E-state index >= 15 is 0 Å². The minimum absolute atomic E-state index is 0.188. The Hall–Kier alpha value is -4.20. The Morgan fingerprint density at radius 2 is 1.79 bits per heavy atom. The minimum atomic E-state index is -0.299. The number of benzene rings is 1. The molecule has 5 aromatic rings. The molecule has 0 fully saturated rings. The summed E-state index contributed by atoms with van der Waals surface area (Å²) < 4.78 is 9.40. The third-order valence-corrected chi connectivity index (χ3v) is 5.58. The van der Waals surface area contributed by atoms with Crippen molar-refractivity contribution in [2.24, 2.45) is 7.05 Å². The highest BCUT2D eigenvalue weighted by Gasteiger charge is 2.19. The Morgan fingerprint density at radius 3 is 2.58 bits per heavy atom. The molecule has 0 saturated heterocycles. The van der Waals surface area contributed by atoms with E-state index in [1.54, 1.807) is 4.68 Å². The van der Waals surface area contributed by atoms with Crippen molar-refractivity contribution in [2.45, 2.75) is 20.8 Å². The van der Waals surface area contributed by atoms with E-state index in [1.165, 1.54) is 0 Å². The van der Waals surface area contributed by atoms with Gasteiger partial charge in [-0.05, 0) is 44.0 Å². The normalized spacial score (nSPS) is 11.3. The van der Waals surface area contributed by atoms with Gasteiger partial charge in [-0.25, -0.2) is 14.6 Å². The second-order valence-electron chi connectivity index (χ2n) is 8.10. The number of hydrogen-bond donors (Lipinski definition) is 1. The summed E-state index contributed by atoms with van der Waals surface area (Å²) in [7, 11) is 1.81. The van der Waals surface area contributed by atoms with Crippen molar-refractivity contribution in [3.05, 3.63) is 71.5 Å². The molecule has 4 heterocycles. The van der Waals surface area contributed by atoms with E-state index in [1.807, 2.05) is 86.9 Å². The van der Waals surface area contributed by atoms with Gasteiger partial charge in [-0.15, -0.1) is 5.10 Å². The number of imidazole rings is 1. The van der Waals surface area contributed by atoms with Crippen molar-refractivity contribution in [1.82, 2.24) is 24.1 Å². The average molecular weight is 441 g/mol. The molecule has 1 aromatic carbocycles. The second kappa shape index (κ2) is 8.05. The maximum atomic E-state index is 13.0. The van der Waals surface area contributed by atoms with Gasteiger partial charge >= 0.3 is 0 Å². The third-order valence-electron chi connectivity index (χ3n) is 5.58. The molecule has 1 amide bonds. The number of anilines is 1. The van der Waals surface area contributed by atoms with Crippen molar-refractivity contribution >= 4 is 28.4 Å². The lowest BCUT2D eigenvalue weighted by Crippen LogP contribution is -2.21. The molecule has 8 heteroatoms. The third kappa shape index (κ3) is 3.69. The lowest BCUT2D eigenvalue weighted by Gasteiger charge is -2.09. The average Bonchev–Trinajstić information content (AvgIpc) is 3.32. The number of carbonyl (C=O) groups excluding carboxylic acids is 1. The second-order valence-corrected chi connectivity index (χ2v) is 8.10. The molecule has 0 radical (unpaired) electrons. The van der Waals surface area contributed by atoms with Crippen molar-refractivity contribution < 1.29 is 9.53 Å². The lowest BCUT2D eigenvalue weighted by atomic mass is 10.1. The molecule has 4 aromatic heterocycles. The molecule has 0 aliphatic carbocycles. The van der Waals surface area contributed by atoms with Gasteiger partial charge in [0, 0.05) is 24.5 Å². The van der Waals surface area contributed by atoms with Gasteiger partial charge in [0.1, 0.15) is 17.2 Å². The molecule has 0 aliphatic rings. The molecule has 8 nitrogen and oxygen atoms in total. The lowest BCUT2D eigenvalue weighted by molar-refractivity contribution is -0.118. The van der Waals surface area contributed by atoms with Crippen LogP contribution in [0.1, 0.15) is 16.8 Å². The van der Waals surface area contributed by atoms with Crippen LogP contribution < -0.4 is 10.1 Å². The predicted molar refractivity (Wildman–Crippen MR) is 127 cm³/mol. The molecule has 5 rings (SSSR count). The van der Waals surface area contributed by atoms with Crippen LogP contribution in [0.4, 0.5) is 5.82 Å². The van der Waals surface area contributed by atoms with Gasteiger partial charge in [-0.3, -0.25) is 9.20 Å². The van der Waals surface area contributed by atoms with Crippen LogP contribution in [0.2, 0.25) is 0 Å². The number of aryl methyl sites for hydroxylation is 4. The van der Waals surface area contributed by atoms with Crippen LogP contribution in [0.25, 0.3) is 27.9 Å². The van der Waals surface area contributed by atoms with Crippen LogP contribution in [-0.2, 0) is 11.8 Å². The summed E-state index contributed by atoms with van der Waals surface area (Å²) in [5.74, 6) is 0.699. The number of fused-ring (bicyclic) bond motifs is 2. The summed E-state index contributed by atoms with van der Waals surface area (Å²) in [4.78, 5) is 22.3. The number of nitrogens with zero attached hydrogens (tertiary/aromatic N) is 5. The fraction of sp³-hybridized carbons (Fsp3) is 0.200. The minimum Gasteiger partial charge on any atom is -0.466 e. The Labute approximate surface area is 190 Å². The smallest absolute Gasteiger partial charge is 0.263 e. The first-order chi connectivity index (χ1) is 15.9. The largest absolute Gasteiger partial charge is 0.466 e. The molecule has 0 spiro atoms. The number of hydrogen-bond acceptors (Lipinski definition) is 5. The number of amides is 1. The predicted octanol–water partition coefficient (Wildman–Crippen LogP) is 4.23. The summed E-state index contributed by atoms with van der Waals surface area (Å²) in [6.45, 7) is 5.73. The van der Waals surface area contributed by atoms with Gasteiger partial charge in [-0.1, -0.05) is 36.4 Å². The van der Waals surface area contributed by atoms with Crippen molar-refractivity contribution in [1.29, 1.82) is 0 Å². The van der Waals surface area contributed by atoms with E-state index in [4.69, 9.17) is 9.72 Å². The van der Waals surface area contributed by atoms with Crippen molar-refractivity contribution in [3.8, 4) is 17.1 Å². The molecule has 0 aliphatic heterocycles. The molecular formula is C25H24N6O2. The van der Waals surface area contributed by atoms with Gasteiger partial charge in [0.25, 0.3) is 5.91 Å². The van der Waals surface area contributed by atoms with Gasteiger partial charge in [-0.2, -0.15) is 0 Å². The Bertz CT molecular complexity index is 1500. The Balaban J connectivity index is 1.45. The summed E-state index contributed by atoms with van der Waals surface area (Å²) in [6.07, 6.45) is 1.89. The zero-order valence-corrected chi connectivity index (χ0v) is 19.0. The molecular weight excluding hydrogens is 416 g/mol. The summed E-state index contributed by atoms with van der Waals surface area (Å²) in [5.41, 5.74) is 6.08. The number of nitrogens with one attached hydrogen (secondary N) is 1. The Kier molecular flexibility index (Phi) is 5.05. The van der Waals surface area contributed by atoms with Crippen molar-refractivity contribution in [3.63, 3.8) is 0 Å². The van der Waals surface area contributed by atoms with Crippen LogP contribution in [0.5, 0.6) is 5.88 Å². The molecule has 166 valence electrons. The van der Waals surface area contributed by atoms with E-state index in [2.05, 4.69) is 15.4 Å². The van der Waals surface area contributed by atoms with E-state index in [0.717, 1.165) is 39.1 Å². The molecule has 0 unspecified atom stereocenters.